The molecule has 1 amide bonds. The third-order valence-electron chi connectivity index (χ3n) is 6.02. The standard InChI is InChI=1S/C25H26N4O2S/c1-31-22-8-4-3-7-21(22)25(30)27-24-10-13-26-29(24)19-11-14-28(15-12-19)17-20-16-18-6-2-5-9-23(18)32-20/h2-10,13,16,19H,11-12,14-15,17H2,1H3,(H,27,30). The minimum absolute atomic E-state index is 0.189. The second kappa shape index (κ2) is 9.14. The molecule has 0 spiro atoms. The number of carbonyl (C=O) groups is 1. The van der Waals surface area contributed by atoms with Gasteiger partial charge in [0.25, 0.3) is 5.91 Å². The molecular weight excluding hydrogens is 420 g/mol. The molecule has 0 unspecified atom stereocenters. The Kier molecular flexibility index (Phi) is 5.92. The molecule has 32 heavy (non-hydrogen) atoms. The summed E-state index contributed by atoms with van der Waals surface area (Å²) in [5.74, 6) is 1.10. The van der Waals surface area contributed by atoms with Gasteiger partial charge in [-0.15, -0.1) is 11.3 Å². The summed E-state index contributed by atoms with van der Waals surface area (Å²) in [5.41, 5.74) is 0.515. The molecule has 2 aromatic carbocycles. The number of ether oxygens (including phenoxy) is 1. The quantitative estimate of drug-likeness (QED) is 0.442. The number of aromatic nitrogens is 2. The highest BCUT2D eigenvalue weighted by Gasteiger charge is 2.24. The second-order valence-electron chi connectivity index (χ2n) is 8.07. The zero-order valence-corrected chi connectivity index (χ0v) is 18.8. The van der Waals surface area contributed by atoms with Crippen molar-refractivity contribution in [2.45, 2.75) is 25.4 Å². The van der Waals surface area contributed by atoms with E-state index in [1.807, 2.05) is 34.2 Å². The van der Waals surface area contributed by atoms with Crippen molar-refractivity contribution in [2.75, 3.05) is 25.5 Å². The molecule has 2 aromatic heterocycles. The van der Waals surface area contributed by atoms with Crippen LogP contribution in [0.3, 0.4) is 0 Å². The van der Waals surface area contributed by atoms with Crippen molar-refractivity contribution in [2.24, 2.45) is 0 Å². The number of piperidine rings is 1. The summed E-state index contributed by atoms with van der Waals surface area (Å²) >= 11 is 1.88. The number of nitrogens with zero attached hydrogens (tertiary/aromatic N) is 3. The summed E-state index contributed by atoms with van der Waals surface area (Å²) in [6.45, 7) is 3.01. The van der Waals surface area contributed by atoms with Crippen LogP contribution in [0.4, 0.5) is 5.82 Å². The molecule has 5 rings (SSSR count). The van der Waals surface area contributed by atoms with Crippen LogP contribution in [0.25, 0.3) is 10.1 Å². The monoisotopic (exact) mass is 446 g/mol. The highest BCUT2D eigenvalue weighted by molar-refractivity contribution is 7.19. The van der Waals surface area contributed by atoms with Gasteiger partial charge in [-0.3, -0.25) is 9.69 Å². The van der Waals surface area contributed by atoms with Gasteiger partial charge in [0.05, 0.1) is 24.9 Å². The Bertz CT molecular complexity index is 1190. The number of methoxy groups -OCH3 is 1. The molecule has 0 atom stereocenters. The van der Waals surface area contributed by atoms with Gasteiger partial charge in [0, 0.05) is 35.3 Å². The summed E-state index contributed by atoms with van der Waals surface area (Å²) in [4.78, 5) is 16.7. The highest BCUT2D eigenvalue weighted by Crippen LogP contribution is 2.30. The lowest BCUT2D eigenvalue weighted by molar-refractivity contribution is 0.102. The van der Waals surface area contributed by atoms with E-state index in [-0.39, 0.29) is 11.9 Å². The second-order valence-corrected chi connectivity index (χ2v) is 9.24. The predicted molar refractivity (Wildman–Crippen MR) is 129 cm³/mol. The lowest BCUT2D eigenvalue weighted by Crippen LogP contribution is -2.34. The number of benzene rings is 2. The van der Waals surface area contributed by atoms with Crippen LogP contribution >= 0.6 is 11.3 Å². The van der Waals surface area contributed by atoms with Gasteiger partial charge in [-0.05, 0) is 42.5 Å². The van der Waals surface area contributed by atoms with Crippen molar-refractivity contribution >= 4 is 33.1 Å². The average Bonchev–Trinajstić information content (AvgIpc) is 3.46. The predicted octanol–water partition coefficient (Wildman–Crippen LogP) is 5.20. The van der Waals surface area contributed by atoms with E-state index in [1.54, 1.807) is 25.4 Å². The van der Waals surface area contributed by atoms with Gasteiger partial charge in [-0.25, -0.2) is 4.68 Å². The van der Waals surface area contributed by atoms with Gasteiger partial charge in [0.2, 0.25) is 0 Å². The van der Waals surface area contributed by atoms with E-state index in [4.69, 9.17) is 4.74 Å². The fourth-order valence-electron chi connectivity index (χ4n) is 4.38. The number of para-hydroxylation sites is 1. The zero-order valence-electron chi connectivity index (χ0n) is 18.0. The molecule has 7 heteroatoms. The SMILES string of the molecule is COc1ccccc1C(=O)Nc1ccnn1C1CCN(Cc2cc3ccccc3s2)CC1. The average molecular weight is 447 g/mol. The number of carbonyl (C=O) groups excluding carboxylic acids is 1. The number of fused-ring (bicyclic) bond motifs is 1. The van der Waals surface area contributed by atoms with Crippen LogP contribution in [-0.2, 0) is 6.54 Å². The number of hydrogen-bond donors (Lipinski definition) is 1. The summed E-state index contributed by atoms with van der Waals surface area (Å²) < 4.78 is 8.64. The van der Waals surface area contributed by atoms with E-state index < -0.39 is 0 Å². The van der Waals surface area contributed by atoms with Gasteiger partial charge >= 0.3 is 0 Å². The molecule has 3 heterocycles. The first-order valence-electron chi connectivity index (χ1n) is 10.9. The Hall–Kier alpha value is -3.16. The number of hydrogen-bond acceptors (Lipinski definition) is 5. The number of thiophene rings is 1. The largest absolute Gasteiger partial charge is 0.496 e. The molecule has 1 saturated heterocycles. The lowest BCUT2D eigenvalue weighted by Gasteiger charge is -2.32. The van der Waals surface area contributed by atoms with E-state index in [2.05, 4.69) is 45.6 Å². The number of amides is 1. The Labute approximate surface area is 191 Å². The molecule has 1 aliphatic heterocycles. The molecule has 0 radical (unpaired) electrons. The molecule has 6 nitrogen and oxygen atoms in total. The van der Waals surface area contributed by atoms with E-state index in [9.17, 15) is 4.79 Å². The molecule has 4 aromatic rings. The molecule has 0 aliphatic carbocycles. The van der Waals surface area contributed by atoms with Gasteiger partial charge in [0.15, 0.2) is 0 Å². The van der Waals surface area contributed by atoms with Gasteiger partial charge < -0.3 is 10.1 Å². The lowest BCUT2D eigenvalue weighted by atomic mass is 10.1. The maximum atomic E-state index is 12.8. The molecule has 1 fully saturated rings. The summed E-state index contributed by atoms with van der Waals surface area (Å²) in [6, 6.07) is 20.3. The van der Waals surface area contributed by atoms with E-state index in [0.29, 0.717) is 11.3 Å². The first-order chi connectivity index (χ1) is 15.7. The smallest absolute Gasteiger partial charge is 0.260 e. The van der Waals surface area contributed by atoms with Gasteiger partial charge in [-0.2, -0.15) is 5.10 Å². The van der Waals surface area contributed by atoms with Crippen LogP contribution in [0.2, 0.25) is 0 Å². The number of anilines is 1. The van der Waals surface area contributed by atoms with Crippen LogP contribution in [0.15, 0.2) is 66.9 Å². The summed E-state index contributed by atoms with van der Waals surface area (Å²) in [7, 11) is 1.57. The van der Waals surface area contributed by atoms with Crippen LogP contribution in [-0.4, -0.2) is 40.8 Å². The van der Waals surface area contributed by atoms with Crippen molar-refractivity contribution in [3.8, 4) is 5.75 Å². The van der Waals surface area contributed by atoms with Crippen LogP contribution in [0, 0.1) is 0 Å². The van der Waals surface area contributed by atoms with Crippen LogP contribution in [0.1, 0.15) is 34.1 Å². The third kappa shape index (κ3) is 4.26. The summed E-state index contributed by atoms with van der Waals surface area (Å²) in [5, 5.41) is 8.86. The molecule has 0 bridgehead atoms. The molecule has 1 aliphatic rings. The maximum Gasteiger partial charge on any atom is 0.260 e. The van der Waals surface area contributed by atoms with Gasteiger partial charge in [-0.1, -0.05) is 30.3 Å². The van der Waals surface area contributed by atoms with E-state index in [0.717, 1.165) is 38.3 Å². The highest BCUT2D eigenvalue weighted by atomic mass is 32.1. The van der Waals surface area contributed by atoms with Crippen molar-refractivity contribution in [1.82, 2.24) is 14.7 Å². The fraction of sp³-hybridized carbons (Fsp3) is 0.280. The molecule has 0 saturated carbocycles. The Morgan fingerprint density at radius 3 is 2.72 bits per heavy atom. The van der Waals surface area contributed by atoms with Crippen molar-refractivity contribution in [3.63, 3.8) is 0 Å². The first-order valence-corrected chi connectivity index (χ1v) is 11.7. The first kappa shape index (κ1) is 20.7. The Morgan fingerprint density at radius 2 is 1.91 bits per heavy atom. The van der Waals surface area contributed by atoms with Gasteiger partial charge in [0.1, 0.15) is 11.6 Å². The Morgan fingerprint density at radius 1 is 1.12 bits per heavy atom. The van der Waals surface area contributed by atoms with E-state index >= 15 is 0 Å². The summed E-state index contributed by atoms with van der Waals surface area (Å²) in [6.07, 6.45) is 3.76. The van der Waals surface area contributed by atoms with Crippen molar-refractivity contribution in [3.05, 3.63) is 77.3 Å². The molecule has 1 N–H and O–H groups in total. The van der Waals surface area contributed by atoms with Crippen molar-refractivity contribution < 1.29 is 9.53 Å². The fourth-order valence-corrected chi connectivity index (χ4v) is 5.48. The van der Waals surface area contributed by atoms with E-state index in [1.165, 1.54) is 15.0 Å². The number of rotatable bonds is 6. The number of nitrogens with one attached hydrogen (secondary N) is 1. The molecular formula is C25H26N4O2S. The van der Waals surface area contributed by atoms with Crippen LogP contribution < -0.4 is 10.1 Å². The Balaban J connectivity index is 1.22. The normalized spacial score (nSPS) is 15.2. The topological polar surface area (TPSA) is 59.4 Å². The molecule has 164 valence electrons. The minimum Gasteiger partial charge on any atom is -0.496 e. The zero-order chi connectivity index (χ0) is 21.9. The van der Waals surface area contributed by atoms with Crippen LogP contribution in [0.5, 0.6) is 5.75 Å². The number of likely N-dealkylation sites (tertiary alicyclic amines) is 1. The minimum atomic E-state index is -0.189. The maximum absolute atomic E-state index is 12.8. The van der Waals surface area contributed by atoms with Crippen molar-refractivity contribution in [1.29, 1.82) is 0 Å². The third-order valence-corrected chi connectivity index (χ3v) is 7.12.